The van der Waals surface area contributed by atoms with Gasteiger partial charge in [-0.2, -0.15) is 0 Å². The zero-order valence-corrected chi connectivity index (χ0v) is 28.0. The van der Waals surface area contributed by atoms with E-state index in [0.29, 0.717) is 0 Å². The van der Waals surface area contributed by atoms with Gasteiger partial charge in [0.2, 0.25) is 0 Å². The van der Waals surface area contributed by atoms with Crippen LogP contribution >= 0.6 is 31.9 Å². The Morgan fingerprint density at radius 3 is 0.932 bits per heavy atom. The quantitative estimate of drug-likeness (QED) is 0.120. The first kappa shape index (κ1) is 29.9. The Morgan fingerprint density at radius 2 is 0.659 bits per heavy atom. The van der Waals surface area contributed by atoms with E-state index in [1.807, 2.05) is 0 Å². The lowest BCUT2D eigenvalue weighted by Crippen LogP contribution is -1.93. The van der Waals surface area contributed by atoms with Crippen molar-refractivity contribution in [3.63, 3.8) is 0 Å². The van der Waals surface area contributed by atoms with Crippen LogP contribution in [0.25, 0.3) is 44.5 Å². The molecule has 0 saturated heterocycles. The van der Waals surface area contributed by atoms with Crippen LogP contribution in [-0.4, -0.2) is 0 Å². The van der Waals surface area contributed by atoms with Gasteiger partial charge in [0.05, 0.1) is 0 Å². The van der Waals surface area contributed by atoms with Crippen LogP contribution in [0.4, 0.5) is 0 Å². The molecule has 0 N–H and O–H groups in total. The van der Waals surface area contributed by atoms with Crippen LogP contribution in [-0.2, 0) is 10.7 Å². The van der Waals surface area contributed by atoms with E-state index >= 15 is 0 Å². The molecule has 214 valence electrons. The summed E-state index contributed by atoms with van der Waals surface area (Å²) in [7, 11) is 0. The number of hydrogen-bond acceptors (Lipinski definition) is 0. The van der Waals surface area contributed by atoms with E-state index in [2.05, 4.69) is 191 Å². The van der Waals surface area contributed by atoms with Crippen molar-refractivity contribution in [3.8, 4) is 56.3 Å². The van der Waals surface area contributed by atoms with Gasteiger partial charge in [0.15, 0.2) is 0 Å². The molecule has 6 aromatic rings. The van der Waals surface area contributed by atoms with E-state index in [0.717, 1.165) is 66.3 Å². The first-order valence-electron chi connectivity index (χ1n) is 14.8. The molecule has 0 spiro atoms. The number of benzene rings is 6. The summed E-state index contributed by atoms with van der Waals surface area (Å²) in [5, 5.41) is 1.66. The number of aryl methyl sites for hydroxylation is 2. The van der Waals surface area contributed by atoms with Crippen LogP contribution in [0.1, 0.15) is 33.4 Å². The van der Waals surface area contributed by atoms with Gasteiger partial charge in [0, 0.05) is 21.8 Å². The summed E-state index contributed by atoms with van der Waals surface area (Å²) >= 11 is 7.18. The molecule has 0 aliphatic rings. The van der Waals surface area contributed by atoms with Gasteiger partial charge in [-0.1, -0.05) is 188 Å². The van der Waals surface area contributed by atoms with Crippen molar-refractivity contribution in [2.24, 2.45) is 0 Å². The Balaban J connectivity index is 1.60. The predicted molar refractivity (Wildman–Crippen MR) is 195 cm³/mol. The second-order valence-corrected chi connectivity index (χ2v) is 12.2. The maximum atomic E-state index is 3.73. The zero-order valence-electron chi connectivity index (χ0n) is 24.9. The van der Waals surface area contributed by atoms with E-state index < -0.39 is 0 Å². The minimum atomic E-state index is 0.831. The standard InChI is InChI=1S/C42H32Br2/c1-29-9-17-33(18-10-29)37-5-3-6-38(34-19-11-30(2)12-20-34)41(37)25-26-42-39(35-21-13-31(27-43)14-22-35)7-4-8-40(42)36-23-15-32(28-44)16-24-36/h3-24H,27-28H2,1-2H3. The average Bonchev–Trinajstić information content (AvgIpc) is 3.08. The largest absolute Gasteiger partial charge is 0.0876 e. The molecule has 0 amide bonds. The maximum absolute atomic E-state index is 3.73. The van der Waals surface area contributed by atoms with Gasteiger partial charge < -0.3 is 0 Å². The molecule has 0 radical (unpaired) electrons. The average molecular weight is 697 g/mol. The van der Waals surface area contributed by atoms with Gasteiger partial charge in [0.1, 0.15) is 0 Å². The second kappa shape index (κ2) is 13.6. The molecule has 0 saturated carbocycles. The molecule has 0 nitrogen and oxygen atoms in total. The number of hydrogen-bond donors (Lipinski definition) is 0. The fourth-order valence-electron chi connectivity index (χ4n) is 5.47. The first-order valence-corrected chi connectivity index (χ1v) is 17.0. The maximum Gasteiger partial charge on any atom is 0.0405 e. The summed E-state index contributed by atoms with van der Waals surface area (Å²) in [6.45, 7) is 4.25. The number of halogens is 2. The summed E-state index contributed by atoms with van der Waals surface area (Å²) in [4.78, 5) is 0. The lowest BCUT2D eigenvalue weighted by Gasteiger charge is -2.14. The van der Waals surface area contributed by atoms with Crippen LogP contribution in [0.2, 0.25) is 0 Å². The highest BCUT2D eigenvalue weighted by Gasteiger charge is 2.14. The first-order chi connectivity index (χ1) is 21.5. The molecule has 2 heteroatoms. The Morgan fingerprint density at radius 1 is 0.386 bits per heavy atom. The lowest BCUT2D eigenvalue weighted by atomic mass is 9.89. The molecule has 0 aliphatic carbocycles. The molecular formula is C42H32Br2. The zero-order chi connectivity index (χ0) is 30.5. The number of alkyl halides is 2. The summed E-state index contributed by atoms with van der Waals surface area (Å²) < 4.78 is 0. The normalized spacial score (nSPS) is 10.7. The molecule has 0 heterocycles. The van der Waals surface area contributed by atoms with Gasteiger partial charge in [-0.25, -0.2) is 0 Å². The van der Waals surface area contributed by atoms with E-state index in [1.54, 1.807) is 0 Å². The van der Waals surface area contributed by atoms with Crippen LogP contribution < -0.4 is 0 Å². The topological polar surface area (TPSA) is 0 Å². The van der Waals surface area contributed by atoms with Gasteiger partial charge in [-0.05, 0) is 69.5 Å². The lowest BCUT2D eigenvalue weighted by molar-refractivity contribution is 1.42. The van der Waals surface area contributed by atoms with E-state index in [9.17, 15) is 0 Å². The van der Waals surface area contributed by atoms with Crippen LogP contribution in [0.15, 0.2) is 133 Å². The van der Waals surface area contributed by atoms with E-state index in [-0.39, 0.29) is 0 Å². The second-order valence-electron chi connectivity index (χ2n) is 11.1. The fraction of sp³-hybridized carbons (Fsp3) is 0.0952. The highest BCUT2D eigenvalue weighted by Crippen LogP contribution is 2.35. The van der Waals surface area contributed by atoms with Crippen molar-refractivity contribution >= 4 is 31.9 Å². The van der Waals surface area contributed by atoms with Crippen molar-refractivity contribution in [1.82, 2.24) is 0 Å². The number of rotatable bonds is 6. The third-order valence-corrected chi connectivity index (χ3v) is 9.30. The minimum Gasteiger partial charge on any atom is -0.0876 e. The smallest absolute Gasteiger partial charge is 0.0405 e. The van der Waals surface area contributed by atoms with Crippen molar-refractivity contribution in [3.05, 3.63) is 167 Å². The molecule has 0 atom stereocenters. The molecule has 0 bridgehead atoms. The molecule has 0 aromatic heterocycles. The monoisotopic (exact) mass is 694 g/mol. The SMILES string of the molecule is Cc1ccc(-c2cccc(-c3ccc(C)cc3)c2C#Cc2c(-c3ccc(CBr)cc3)cccc2-c2ccc(CBr)cc2)cc1. The van der Waals surface area contributed by atoms with Gasteiger partial charge in [0.25, 0.3) is 0 Å². The van der Waals surface area contributed by atoms with Crippen LogP contribution in [0.3, 0.4) is 0 Å². The Bertz CT molecular complexity index is 1820. The molecule has 0 fully saturated rings. The summed E-state index contributed by atoms with van der Waals surface area (Å²) in [5.41, 5.74) is 16.2. The van der Waals surface area contributed by atoms with Crippen molar-refractivity contribution < 1.29 is 0 Å². The van der Waals surface area contributed by atoms with Crippen molar-refractivity contribution in [2.75, 3.05) is 0 Å². The van der Waals surface area contributed by atoms with Crippen molar-refractivity contribution in [2.45, 2.75) is 24.5 Å². The predicted octanol–water partition coefficient (Wildman–Crippen LogP) is 12.2. The van der Waals surface area contributed by atoms with Gasteiger partial charge >= 0.3 is 0 Å². The molecule has 0 unspecified atom stereocenters. The highest BCUT2D eigenvalue weighted by molar-refractivity contribution is 9.08. The molecule has 6 aromatic carbocycles. The summed E-state index contributed by atoms with van der Waals surface area (Å²) in [5.74, 6) is 7.45. The summed E-state index contributed by atoms with van der Waals surface area (Å²) in [6.07, 6.45) is 0. The van der Waals surface area contributed by atoms with Gasteiger partial charge in [-0.15, -0.1) is 0 Å². The van der Waals surface area contributed by atoms with Gasteiger partial charge in [-0.3, -0.25) is 0 Å². The third kappa shape index (κ3) is 6.51. The summed E-state index contributed by atoms with van der Waals surface area (Å²) in [6, 6.07) is 48.1. The Hall–Kier alpha value is -4.16. The van der Waals surface area contributed by atoms with Crippen LogP contribution in [0.5, 0.6) is 0 Å². The molecule has 44 heavy (non-hydrogen) atoms. The molecule has 0 aliphatic heterocycles. The van der Waals surface area contributed by atoms with Crippen LogP contribution in [0, 0.1) is 25.7 Å². The Kier molecular flexibility index (Phi) is 9.27. The Labute approximate surface area is 278 Å². The minimum absolute atomic E-state index is 0.831. The fourth-order valence-corrected chi connectivity index (χ4v) is 6.22. The molecule has 6 rings (SSSR count). The van der Waals surface area contributed by atoms with E-state index in [1.165, 1.54) is 22.3 Å². The highest BCUT2D eigenvalue weighted by atomic mass is 79.9. The van der Waals surface area contributed by atoms with E-state index in [4.69, 9.17) is 0 Å². The molecular weight excluding hydrogens is 664 g/mol. The van der Waals surface area contributed by atoms with Crippen molar-refractivity contribution in [1.29, 1.82) is 0 Å². The third-order valence-electron chi connectivity index (χ3n) is 8.01.